The number of ether oxygens (including phenoxy) is 2. The lowest BCUT2D eigenvalue weighted by Gasteiger charge is -2.30. The molecule has 0 aromatic rings. The van der Waals surface area contributed by atoms with Gasteiger partial charge in [0.1, 0.15) is 13.2 Å². The fraction of sp³-hybridized carbons (Fsp3) is 0.846. The fourth-order valence-corrected chi connectivity index (χ4v) is 1.03. The van der Waals surface area contributed by atoms with E-state index in [0.29, 0.717) is 0 Å². The van der Waals surface area contributed by atoms with E-state index in [1.54, 1.807) is 7.11 Å². The Morgan fingerprint density at radius 2 is 1.50 bits per heavy atom. The lowest BCUT2D eigenvalue weighted by atomic mass is 10.2. The molecule has 2 atom stereocenters. The van der Waals surface area contributed by atoms with Crippen molar-refractivity contribution in [2.75, 3.05) is 13.8 Å². The monoisotopic (exact) mass is 265 g/mol. The minimum Gasteiger partial charge on any atom is -0.379 e. The largest absolute Gasteiger partial charge is 0.379 e. The topological polar surface area (TPSA) is 55.8 Å². The molecule has 1 aliphatic rings. The van der Waals surface area contributed by atoms with Gasteiger partial charge in [-0.3, -0.25) is 14.5 Å². The molecule has 5 nitrogen and oxygen atoms in total. The van der Waals surface area contributed by atoms with Crippen LogP contribution in [0.25, 0.3) is 0 Å². The van der Waals surface area contributed by atoms with Crippen molar-refractivity contribution in [3.63, 3.8) is 0 Å². The summed E-state index contributed by atoms with van der Waals surface area (Å²) < 4.78 is 10.3. The number of hydrogen-bond donors (Lipinski definition) is 0. The third-order valence-corrected chi connectivity index (χ3v) is 2.40. The number of carbonyl (C=O) groups excluding carboxylic acids is 2. The van der Waals surface area contributed by atoms with Gasteiger partial charge in [0.05, 0.1) is 12.2 Å². The van der Waals surface area contributed by atoms with Crippen LogP contribution in [-0.4, -0.2) is 42.8 Å². The molecule has 1 rings (SSSR count). The average Bonchev–Trinajstić information content (AvgIpc) is 2.16. The van der Waals surface area contributed by atoms with Gasteiger partial charge in [-0.05, 0) is 13.8 Å². The second-order valence-electron chi connectivity index (χ2n) is 3.33. The Kier molecular flexibility index (Phi) is 16.0. The van der Waals surface area contributed by atoms with E-state index in [4.69, 9.17) is 9.47 Å². The van der Waals surface area contributed by atoms with Crippen molar-refractivity contribution in [2.45, 2.75) is 62.2 Å². The van der Waals surface area contributed by atoms with Gasteiger partial charge in [0.25, 0.3) is 0 Å². The highest BCUT2D eigenvalue weighted by molar-refractivity contribution is 6.14. The van der Waals surface area contributed by atoms with Crippen LogP contribution in [0.4, 0.5) is 0 Å². The Hall–Kier alpha value is -0.940. The highest BCUT2D eigenvalue weighted by atomic mass is 16.5. The molecule has 0 bridgehead atoms. The predicted molar refractivity (Wildman–Crippen MR) is 75.3 cm³/mol. The third-order valence-electron chi connectivity index (χ3n) is 2.40. The van der Waals surface area contributed by atoms with Crippen LogP contribution in [0, 0.1) is 0 Å². The van der Waals surface area contributed by atoms with Gasteiger partial charge in [-0.15, -0.1) is 0 Å². The molecule has 1 heterocycles. The zero-order valence-electron chi connectivity index (χ0n) is 8.65. The van der Waals surface area contributed by atoms with Crippen LogP contribution in [0.15, 0.2) is 0 Å². The lowest BCUT2D eigenvalue weighted by Crippen LogP contribution is -2.50. The summed E-state index contributed by atoms with van der Waals surface area (Å²) in [6.07, 6.45) is -0.180. The normalized spacial score (nSPS) is 16.1. The quantitative estimate of drug-likeness (QED) is 0.566. The zero-order chi connectivity index (χ0) is 10.7. The summed E-state index contributed by atoms with van der Waals surface area (Å²) in [7, 11) is 1.59. The molecular weight excluding hydrogens is 234 g/mol. The summed E-state index contributed by atoms with van der Waals surface area (Å²) >= 11 is 0. The summed E-state index contributed by atoms with van der Waals surface area (Å²) in [4.78, 5) is 22.9. The van der Waals surface area contributed by atoms with Crippen LogP contribution >= 0.6 is 0 Å². The molecule has 2 unspecified atom stereocenters. The highest BCUT2D eigenvalue weighted by Gasteiger charge is 2.34. The molecule has 112 valence electrons. The zero-order valence-corrected chi connectivity index (χ0v) is 8.65. The fourth-order valence-electron chi connectivity index (χ4n) is 1.03. The minimum absolute atomic E-state index is 0. The van der Waals surface area contributed by atoms with Crippen molar-refractivity contribution < 1.29 is 19.1 Å². The first kappa shape index (κ1) is 25.8. The van der Waals surface area contributed by atoms with Gasteiger partial charge in [-0.1, -0.05) is 29.7 Å². The van der Waals surface area contributed by atoms with E-state index < -0.39 is 0 Å². The van der Waals surface area contributed by atoms with Crippen LogP contribution in [0.2, 0.25) is 0 Å². The smallest absolute Gasteiger partial charge is 0.240 e. The lowest BCUT2D eigenvalue weighted by molar-refractivity contribution is -0.168. The van der Waals surface area contributed by atoms with Crippen molar-refractivity contribution in [2.24, 2.45) is 0 Å². The first-order chi connectivity index (χ1) is 6.56. The van der Waals surface area contributed by atoms with Crippen molar-refractivity contribution >= 4 is 11.8 Å². The van der Waals surface area contributed by atoms with E-state index in [0.717, 1.165) is 4.90 Å². The molecule has 2 amide bonds. The molecule has 1 fully saturated rings. The molecule has 0 radical (unpaired) electrons. The van der Waals surface area contributed by atoms with E-state index in [-0.39, 0.29) is 66.9 Å². The molecule has 0 aromatic heterocycles. The second kappa shape index (κ2) is 11.2. The van der Waals surface area contributed by atoms with Gasteiger partial charge < -0.3 is 9.47 Å². The molecule has 1 aliphatic heterocycles. The van der Waals surface area contributed by atoms with Gasteiger partial charge in [-0.25, -0.2) is 0 Å². The van der Waals surface area contributed by atoms with Crippen LogP contribution in [-0.2, 0) is 19.1 Å². The van der Waals surface area contributed by atoms with Crippen molar-refractivity contribution in [3.05, 3.63) is 0 Å². The summed E-state index contributed by atoms with van der Waals surface area (Å²) in [6.45, 7) is 3.74. The number of hydrogen-bond acceptors (Lipinski definition) is 4. The Labute approximate surface area is 112 Å². The maximum Gasteiger partial charge on any atom is 0.240 e. The number of amides is 2. The van der Waals surface area contributed by atoms with E-state index in [2.05, 4.69) is 0 Å². The maximum absolute atomic E-state index is 10.9. The number of likely N-dealkylation sites (tertiary alicyclic amines) is 1. The van der Waals surface area contributed by atoms with Crippen molar-refractivity contribution in [1.82, 2.24) is 4.90 Å². The Balaban J connectivity index is -0.000000245. The van der Waals surface area contributed by atoms with Gasteiger partial charge in [-0.2, -0.15) is 0 Å². The highest BCUT2D eigenvalue weighted by Crippen LogP contribution is 2.12. The number of rotatable bonds is 5. The van der Waals surface area contributed by atoms with Gasteiger partial charge in [0, 0.05) is 7.11 Å². The van der Waals surface area contributed by atoms with Crippen LogP contribution in [0.1, 0.15) is 50.0 Å². The number of methoxy groups -OCH3 is 1. The minimum atomic E-state index is -0.174. The summed E-state index contributed by atoms with van der Waals surface area (Å²) in [5, 5.41) is 0. The molecule has 0 aromatic carbocycles. The average molecular weight is 265 g/mol. The molecule has 0 spiro atoms. The summed E-state index contributed by atoms with van der Waals surface area (Å²) in [5.41, 5.74) is 0. The molecule has 0 aliphatic carbocycles. The third kappa shape index (κ3) is 6.12. The molecule has 0 saturated carbocycles. The maximum atomic E-state index is 10.9. The summed E-state index contributed by atoms with van der Waals surface area (Å²) in [5.74, 6) is -0.348. The number of nitrogens with zero attached hydrogens (tertiary/aromatic N) is 1. The summed E-state index contributed by atoms with van der Waals surface area (Å²) in [6, 6.07) is 0. The van der Waals surface area contributed by atoms with Crippen LogP contribution < -0.4 is 0 Å². The predicted octanol–water partition coefficient (Wildman–Crippen LogP) is 2.69. The van der Waals surface area contributed by atoms with Gasteiger partial charge in [0.15, 0.2) is 0 Å². The first-order valence-corrected chi connectivity index (χ1v) is 4.54. The van der Waals surface area contributed by atoms with E-state index in [1.165, 1.54) is 0 Å². The van der Waals surface area contributed by atoms with Gasteiger partial charge in [0.2, 0.25) is 11.8 Å². The Morgan fingerprint density at radius 3 is 1.83 bits per heavy atom. The van der Waals surface area contributed by atoms with Gasteiger partial charge >= 0.3 is 0 Å². The molecule has 5 heteroatoms. The number of carbonyl (C=O) groups is 2. The number of β-lactam (4-membered cyclic amide) rings is 2. The van der Waals surface area contributed by atoms with E-state index in [9.17, 15) is 9.59 Å². The SMILES string of the molecule is C.C.C.C.COC(C)C(C)OCN1C(=O)CC1=O. The van der Waals surface area contributed by atoms with Crippen LogP contribution in [0.5, 0.6) is 0 Å². The Morgan fingerprint density at radius 1 is 1.06 bits per heavy atom. The van der Waals surface area contributed by atoms with Crippen molar-refractivity contribution in [1.29, 1.82) is 0 Å². The van der Waals surface area contributed by atoms with Crippen molar-refractivity contribution in [3.8, 4) is 0 Å². The van der Waals surface area contributed by atoms with Crippen LogP contribution in [0.3, 0.4) is 0 Å². The van der Waals surface area contributed by atoms with E-state index >= 15 is 0 Å². The second-order valence-corrected chi connectivity index (χ2v) is 3.33. The van der Waals surface area contributed by atoms with E-state index in [1.807, 2.05) is 13.8 Å². The molecule has 0 N–H and O–H groups in total. The molecular formula is C13H31NO4. The first-order valence-electron chi connectivity index (χ1n) is 4.54. The Bertz CT molecular complexity index is 229. The standard InChI is InChI=1S/C9H15NO4.4CH4/c1-6(13-3)7(2)14-5-10-8(11)4-9(10)12;;;;/h6-7H,4-5H2,1-3H3;4*1H4. The number of imide groups is 1. The molecule has 1 saturated heterocycles. The molecule has 18 heavy (non-hydrogen) atoms.